The lowest BCUT2D eigenvalue weighted by molar-refractivity contribution is -0.119. The fourth-order valence-corrected chi connectivity index (χ4v) is 5.18. The Hall–Kier alpha value is -3.23. The molecule has 0 aromatic heterocycles. The molecule has 0 saturated carbocycles. The molecule has 0 aliphatic heterocycles. The van der Waals surface area contributed by atoms with E-state index in [1.165, 1.54) is 24.3 Å². The minimum Gasteiger partial charge on any atom is -0.494 e. The Labute approximate surface area is 224 Å². The standard InChI is InChI=1S/C28H33ClN2O5S/c1-4-35-25-15-11-24(12-16-25)31(37(33,34)27-17-9-23(29)10-18-27)20-28(32)30-19-5-6-22-7-13-26(14-8-22)36-21(2)3/h7-18,21H,4-6,19-20H2,1-3H3,(H,30,32). The van der Waals surface area contributed by atoms with Gasteiger partial charge in [0.1, 0.15) is 18.0 Å². The molecular weight excluding hydrogens is 512 g/mol. The highest BCUT2D eigenvalue weighted by molar-refractivity contribution is 7.92. The van der Waals surface area contributed by atoms with Gasteiger partial charge in [0.15, 0.2) is 0 Å². The molecule has 3 rings (SSSR count). The summed E-state index contributed by atoms with van der Waals surface area (Å²) in [7, 11) is -4.02. The average molecular weight is 545 g/mol. The van der Waals surface area contributed by atoms with Gasteiger partial charge in [-0.25, -0.2) is 8.42 Å². The van der Waals surface area contributed by atoms with E-state index in [2.05, 4.69) is 5.32 Å². The molecule has 9 heteroatoms. The van der Waals surface area contributed by atoms with Crippen molar-refractivity contribution < 1.29 is 22.7 Å². The smallest absolute Gasteiger partial charge is 0.264 e. The second-order valence-electron chi connectivity index (χ2n) is 8.66. The summed E-state index contributed by atoms with van der Waals surface area (Å²) in [4.78, 5) is 12.9. The zero-order valence-corrected chi connectivity index (χ0v) is 22.9. The zero-order valence-electron chi connectivity index (χ0n) is 21.3. The number of carbonyl (C=O) groups excluding carboxylic acids is 1. The van der Waals surface area contributed by atoms with E-state index in [4.69, 9.17) is 21.1 Å². The quantitative estimate of drug-likeness (QED) is 0.288. The first kappa shape index (κ1) is 28.3. The van der Waals surface area contributed by atoms with Crippen molar-refractivity contribution in [2.45, 2.75) is 44.6 Å². The molecule has 1 amide bonds. The van der Waals surface area contributed by atoms with Gasteiger partial charge in [0.25, 0.3) is 10.0 Å². The maximum atomic E-state index is 13.5. The lowest BCUT2D eigenvalue weighted by Gasteiger charge is -2.24. The van der Waals surface area contributed by atoms with Gasteiger partial charge in [-0.15, -0.1) is 0 Å². The van der Waals surface area contributed by atoms with Crippen LogP contribution in [-0.4, -0.2) is 40.1 Å². The van der Waals surface area contributed by atoms with Gasteiger partial charge in [-0.05, 0) is 99.8 Å². The number of rotatable bonds is 13. The third kappa shape index (κ3) is 8.40. The van der Waals surface area contributed by atoms with Crippen LogP contribution in [0, 0.1) is 0 Å². The second kappa shape index (κ2) is 13.4. The van der Waals surface area contributed by atoms with Crippen LogP contribution in [0.3, 0.4) is 0 Å². The van der Waals surface area contributed by atoms with E-state index in [9.17, 15) is 13.2 Å². The van der Waals surface area contributed by atoms with E-state index in [1.807, 2.05) is 45.0 Å². The second-order valence-corrected chi connectivity index (χ2v) is 11.0. The molecule has 198 valence electrons. The van der Waals surface area contributed by atoms with Gasteiger partial charge in [0.2, 0.25) is 5.91 Å². The summed E-state index contributed by atoms with van der Waals surface area (Å²) < 4.78 is 39.1. The molecule has 37 heavy (non-hydrogen) atoms. The van der Waals surface area contributed by atoms with Crippen LogP contribution in [0.5, 0.6) is 11.5 Å². The van der Waals surface area contributed by atoms with E-state index < -0.39 is 15.9 Å². The Morgan fingerprint density at radius 1 is 0.946 bits per heavy atom. The van der Waals surface area contributed by atoms with Crippen LogP contribution in [0.15, 0.2) is 77.7 Å². The van der Waals surface area contributed by atoms with Crippen molar-refractivity contribution in [3.05, 3.63) is 83.4 Å². The van der Waals surface area contributed by atoms with Gasteiger partial charge in [0, 0.05) is 11.6 Å². The third-order valence-electron chi connectivity index (χ3n) is 5.38. The Morgan fingerprint density at radius 2 is 1.57 bits per heavy atom. The monoisotopic (exact) mass is 544 g/mol. The van der Waals surface area contributed by atoms with Crippen LogP contribution in [0.2, 0.25) is 5.02 Å². The highest BCUT2D eigenvalue weighted by Crippen LogP contribution is 2.26. The molecule has 0 atom stereocenters. The van der Waals surface area contributed by atoms with Crippen molar-refractivity contribution >= 4 is 33.2 Å². The average Bonchev–Trinajstić information content (AvgIpc) is 2.87. The molecule has 0 spiro atoms. The van der Waals surface area contributed by atoms with Gasteiger partial charge in [-0.2, -0.15) is 0 Å². The number of hydrogen-bond acceptors (Lipinski definition) is 5. The van der Waals surface area contributed by atoms with Crippen LogP contribution in [0.4, 0.5) is 5.69 Å². The lowest BCUT2D eigenvalue weighted by Crippen LogP contribution is -2.41. The maximum Gasteiger partial charge on any atom is 0.264 e. The minimum atomic E-state index is -4.02. The molecule has 0 heterocycles. The summed E-state index contributed by atoms with van der Waals surface area (Å²) in [5, 5.41) is 3.26. The molecule has 0 fully saturated rings. The number of anilines is 1. The zero-order chi connectivity index (χ0) is 26.8. The highest BCUT2D eigenvalue weighted by atomic mass is 35.5. The van der Waals surface area contributed by atoms with Crippen LogP contribution >= 0.6 is 11.6 Å². The number of ether oxygens (including phenoxy) is 2. The first-order valence-electron chi connectivity index (χ1n) is 12.2. The number of amides is 1. The fourth-order valence-electron chi connectivity index (χ4n) is 3.64. The third-order valence-corrected chi connectivity index (χ3v) is 7.42. The Balaban J connectivity index is 1.65. The molecule has 0 aliphatic carbocycles. The van der Waals surface area contributed by atoms with E-state index in [0.29, 0.717) is 36.0 Å². The number of aryl methyl sites for hydroxylation is 1. The van der Waals surface area contributed by atoms with Gasteiger partial charge in [0.05, 0.1) is 23.3 Å². The molecule has 1 N–H and O–H groups in total. The van der Waals surface area contributed by atoms with E-state index in [0.717, 1.165) is 22.0 Å². The number of sulfonamides is 1. The van der Waals surface area contributed by atoms with E-state index in [-0.39, 0.29) is 17.5 Å². The van der Waals surface area contributed by atoms with Crippen LogP contribution in [0.25, 0.3) is 0 Å². The molecular formula is C28H33ClN2O5S. The van der Waals surface area contributed by atoms with Gasteiger partial charge in [-0.3, -0.25) is 9.10 Å². The first-order valence-corrected chi connectivity index (χ1v) is 14.0. The van der Waals surface area contributed by atoms with Crippen molar-refractivity contribution in [1.82, 2.24) is 5.32 Å². The van der Waals surface area contributed by atoms with Gasteiger partial charge < -0.3 is 14.8 Å². The summed E-state index contributed by atoms with van der Waals surface area (Å²) in [6.07, 6.45) is 1.60. The van der Waals surface area contributed by atoms with Crippen molar-refractivity contribution in [2.24, 2.45) is 0 Å². The molecule has 0 bridgehead atoms. The number of nitrogens with zero attached hydrogens (tertiary/aromatic N) is 1. The Morgan fingerprint density at radius 3 is 2.16 bits per heavy atom. The van der Waals surface area contributed by atoms with E-state index >= 15 is 0 Å². The van der Waals surface area contributed by atoms with Crippen molar-refractivity contribution in [3.8, 4) is 11.5 Å². The summed E-state index contributed by atoms with van der Waals surface area (Å²) >= 11 is 5.94. The molecule has 0 saturated heterocycles. The highest BCUT2D eigenvalue weighted by Gasteiger charge is 2.27. The number of nitrogens with one attached hydrogen (secondary N) is 1. The van der Waals surface area contributed by atoms with Crippen molar-refractivity contribution in [2.75, 3.05) is 24.0 Å². The SMILES string of the molecule is CCOc1ccc(N(CC(=O)NCCCc2ccc(OC(C)C)cc2)S(=O)(=O)c2ccc(Cl)cc2)cc1. The van der Waals surface area contributed by atoms with Crippen molar-refractivity contribution in [3.63, 3.8) is 0 Å². The van der Waals surface area contributed by atoms with Gasteiger partial charge in [-0.1, -0.05) is 23.7 Å². The summed E-state index contributed by atoms with van der Waals surface area (Å²) in [6.45, 7) is 6.38. The molecule has 3 aromatic carbocycles. The Kier molecular flexibility index (Phi) is 10.2. The number of benzene rings is 3. The van der Waals surface area contributed by atoms with Crippen LogP contribution in [0.1, 0.15) is 32.8 Å². The van der Waals surface area contributed by atoms with Crippen LogP contribution < -0.4 is 19.1 Å². The fraction of sp³-hybridized carbons (Fsp3) is 0.321. The molecule has 3 aromatic rings. The van der Waals surface area contributed by atoms with Gasteiger partial charge >= 0.3 is 0 Å². The maximum absolute atomic E-state index is 13.5. The first-order chi connectivity index (χ1) is 17.7. The number of carbonyl (C=O) groups is 1. The summed E-state index contributed by atoms with van der Waals surface area (Å²) in [5.41, 5.74) is 1.49. The topological polar surface area (TPSA) is 84.9 Å². The Bertz CT molecular complexity index is 1250. The predicted octanol–water partition coefficient (Wildman–Crippen LogP) is 5.47. The molecule has 0 radical (unpaired) electrons. The number of hydrogen-bond donors (Lipinski definition) is 1. The van der Waals surface area contributed by atoms with Crippen molar-refractivity contribution in [1.29, 1.82) is 0 Å². The largest absolute Gasteiger partial charge is 0.494 e. The lowest BCUT2D eigenvalue weighted by atomic mass is 10.1. The van der Waals surface area contributed by atoms with E-state index in [1.54, 1.807) is 24.3 Å². The molecule has 0 unspecified atom stereocenters. The summed E-state index contributed by atoms with van der Waals surface area (Å²) in [6, 6.07) is 20.3. The minimum absolute atomic E-state index is 0.0449. The molecule has 7 nitrogen and oxygen atoms in total. The predicted molar refractivity (Wildman–Crippen MR) is 147 cm³/mol. The normalized spacial score (nSPS) is 11.3. The molecule has 0 aliphatic rings. The summed E-state index contributed by atoms with van der Waals surface area (Å²) in [5.74, 6) is 1.04. The van der Waals surface area contributed by atoms with Crippen LogP contribution in [-0.2, 0) is 21.2 Å². The number of halogens is 1.